The minimum Gasteiger partial charge on any atom is -0.379 e. The molecule has 4 heteroatoms. The Hall–Kier alpha value is -0.870. The second kappa shape index (κ2) is 16.5. The van der Waals surface area contributed by atoms with Crippen LogP contribution in [0.25, 0.3) is 0 Å². The van der Waals surface area contributed by atoms with Gasteiger partial charge in [-0.3, -0.25) is 9.69 Å². The van der Waals surface area contributed by atoms with E-state index in [1.54, 1.807) is 6.08 Å². The van der Waals surface area contributed by atoms with Gasteiger partial charge in [-0.25, -0.2) is 0 Å². The summed E-state index contributed by atoms with van der Waals surface area (Å²) < 4.78 is 5.17. The van der Waals surface area contributed by atoms with Crippen molar-refractivity contribution in [3.05, 3.63) is 12.2 Å². The van der Waals surface area contributed by atoms with Crippen LogP contribution in [0.4, 0.5) is 0 Å². The van der Waals surface area contributed by atoms with Crippen molar-refractivity contribution in [3.63, 3.8) is 0 Å². The van der Waals surface area contributed by atoms with Crippen molar-refractivity contribution in [2.24, 2.45) is 17.6 Å². The highest BCUT2D eigenvalue weighted by molar-refractivity contribution is 5.85. The summed E-state index contributed by atoms with van der Waals surface area (Å²) in [6, 6.07) is 0. The number of rotatable bonds is 6. The highest BCUT2D eigenvalue weighted by Crippen LogP contribution is 2.12. The van der Waals surface area contributed by atoms with Gasteiger partial charge in [0, 0.05) is 19.6 Å². The third-order valence-corrected chi connectivity index (χ3v) is 3.32. The highest BCUT2D eigenvalue weighted by atomic mass is 16.5. The Bertz CT molecular complexity index is 272. The molecule has 1 aliphatic rings. The van der Waals surface area contributed by atoms with Gasteiger partial charge in [-0.2, -0.15) is 0 Å². The van der Waals surface area contributed by atoms with E-state index >= 15 is 0 Å². The molecule has 1 saturated heterocycles. The predicted octanol–water partition coefficient (Wildman–Crippen LogP) is 3.46. The van der Waals surface area contributed by atoms with Crippen molar-refractivity contribution in [3.8, 4) is 0 Å². The highest BCUT2D eigenvalue weighted by Gasteiger charge is 2.07. The predicted molar refractivity (Wildman–Crippen MR) is 95.9 cm³/mol. The first-order chi connectivity index (χ1) is 10.5. The van der Waals surface area contributed by atoms with Gasteiger partial charge in [-0.15, -0.1) is 0 Å². The second-order valence-corrected chi connectivity index (χ2v) is 5.86. The molecule has 0 saturated carbocycles. The monoisotopic (exact) mass is 314 g/mol. The van der Waals surface area contributed by atoms with E-state index in [9.17, 15) is 4.79 Å². The fourth-order valence-corrected chi connectivity index (χ4v) is 2.07. The first kappa shape index (κ1) is 23.4. The molecule has 1 atom stereocenters. The molecule has 1 amide bonds. The van der Waals surface area contributed by atoms with Crippen LogP contribution in [0.1, 0.15) is 54.4 Å². The van der Waals surface area contributed by atoms with Crippen molar-refractivity contribution < 1.29 is 9.53 Å². The zero-order valence-corrected chi connectivity index (χ0v) is 15.6. The summed E-state index contributed by atoms with van der Waals surface area (Å²) in [5, 5.41) is 0. The third kappa shape index (κ3) is 17.2. The molecule has 1 rings (SSSR count). The molecule has 4 nitrogen and oxygen atoms in total. The Morgan fingerprint density at radius 3 is 2.14 bits per heavy atom. The molecule has 0 aromatic rings. The van der Waals surface area contributed by atoms with E-state index in [0.29, 0.717) is 0 Å². The van der Waals surface area contributed by atoms with Crippen molar-refractivity contribution in [2.75, 3.05) is 32.8 Å². The summed E-state index contributed by atoms with van der Waals surface area (Å²) in [4.78, 5) is 12.5. The molecular weight excluding hydrogens is 276 g/mol. The van der Waals surface area contributed by atoms with E-state index < -0.39 is 0 Å². The van der Waals surface area contributed by atoms with Gasteiger partial charge < -0.3 is 10.5 Å². The van der Waals surface area contributed by atoms with Gasteiger partial charge >= 0.3 is 0 Å². The minimum atomic E-state index is -0.386. The fourth-order valence-electron chi connectivity index (χ4n) is 2.07. The van der Waals surface area contributed by atoms with Crippen molar-refractivity contribution in [1.29, 1.82) is 0 Å². The fraction of sp³-hybridized carbons (Fsp3) is 0.833. The molecule has 0 aromatic carbocycles. The maximum atomic E-state index is 10.3. The number of nitrogens with zero attached hydrogens (tertiary/aromatic N) is 1. The first-order valence-electron chi connectivity index (χ1n) is 8.71. The lowest BCUT2D eigenvalue weighted by molar-refractivity contribution is -0.113. The SMILES string of the molecule is CC.CCC(C)CC(C)C.NC(=O)/C=C/CN1CCOCC1. The smallest absolute Gasteiger partial charge is 0.241 e. The average molecular weight is 315 g/mol. The molecule has 1 unspecified atom stereocenters. The Kier molecular flexibility index (Phi) is 17.5. The van der Waals surface area contributed by atoms with E-state index in [1.165, 1.54) is 18.9 Å². The Morgan fingerprint density at radius 2 is 1.77 bits per heavy atom. The van der Waals surface area contributed by atoms with Crippen LogP contribution in [0.15, 0.2) is 12.2 Å². The van der Waals surface area contributed by atoms with Gasteiger partial charge in [-0.05, 0) is 24.3 Å². The van der Waals surface area contributed by atoms with Crippen LogP contribution in [0.2, 0.25) is 0 Å². The standard InChI is InChI=1S/C8H14N2O2.C8H18.C2H6/c9-8(11)2-1-3-10-4-6-12-7-5-10;1-5-8(4)6-7(2)3;1-2/h1-2H,3-7H2,(H2,9,11);7-8H,5-6H2,1-4H3;1-2H3/b2-1+;;. The quantitative estimate of drug-likeness (QED) is 0.764. The topological polar surface area (TPSA) is 55.6 Å². The average Bonchev–Trinajstić information content (AvgIpc) is 2.50. The van der Waals surface area contributed by atoms with Gasteiger partial charge in [-0.1, -0.05) is 54.0 Å². The maximum Gasteiger partial charge on any atom is 0.241 e. The number of amides is 1. The molecule has 1 heterocycles. The van der Waals surface area contributed by atoms with Crippen LogP contribution in [0, 0.1) is 11.8 Å². The number of carbonyl (C=O) groups excluding carboxylic acids is 1. The first-order valence-corrected chi connectivity index (χ1v) is 8.71. The molecule has 0 bridgehead atoms. The third-order valence-electron chi connectivity index (χ3n) is 3.32. The Balaban J connectivity index is 0. The van der Waals surface area contributed by atoms with Crippen LogP contribution in [0.3, 0.4) is 0 Å². The minimum absolute atomic E-state index is 0.386. The van der Waals surface area contributed by atoms with Crippen molar-refractivity contribution in [1.82, 2.24) is 4.90 Å². The van der Waals surface area contributed by atoms with Crippen LogP contribution in [-0.2, 0) is 9.53 Å². The number of nitrogens with two attached hydrogens (primary N) is 1. The Labute approximate surface area is 138 Å². The van der Waals surface area contributed by atoms with Gasteiger partial charge in [0.25, 0.3) is 0 Å². The number of morpholine rings is 1. The van der Waals surface area contributed by atoms with E-state index in [0.717, 1.165) is 44.7 Å². The lowest BCUT2D eigenvalue weighted by Crippen LogP contribution is -2.36. The summed E-state index contributed by atoms with van der Waals surface area (Å²) in [6.07, 6.45) is 5.90. The summed E-state index contributed by atoms with van der Waals surface area (Å²) in [7, 11) is 0. The van der Waals surface area contributed by atoms with Crippen molar-refractivity contribution >= 4 is 5.91 Å². The molecule has 0 aromatic heterocycles. The number of hydrogen-bond donors (Lipinski definition) is 1. The summed E-state index contributed by atoms with van der Waals surface area (Å²) in [6.45, 7) is 17.4. The molecule has 22 heavy (non-hydrogen) atoms. The second-order valence-electron chi connectivity index (χ2n) is 5.86. The summed E-state index contributed by atoms with van der Waals surface area (Å²) in [5.41, 5.74) is 4.94. The van der Waals surface area contributed by atoms with Gasteiger partial charge in [0.1, 0.15) is 0 Å². The molecule has 1 fully saturated rings. The summed E-state index contributed by atoms with van der Waals surface area (Å²) >= 11 is 0. The molecule has 0 aliphatic carbocycles. The lowest BCUT2D eigenvalue weighted by Gasteiger charge is -2.24. The molecule has 0 spiro atoms. The maximum absolute atomic E-state index is 10.3. The number of ether oxygens (including phenoxy) is 1. The molecule has 0 radical (unpaired) electrons. The molecule has 1 aliphatic heterocycles. The number of hydrogen-bond acceptors (Lipinski definition) is 3. The van der Waals surface area contributed by atoms with E-state index in [2.05, 4.69) is 32.6 Å². The van der Waals surface area contributed by atoms with E-state index in [1.807, 2.05) is 13.8 Å². The zero-order valence-electron chi connectivity index (χ0n) is 15.6. The molecular formula is C18H38N2O2. The number of carbonyl (C=O) groups is 1. The molecule has 2 N–H and O–H groups in total. The number of primary amides is 1. The zero-order chi connectivity index (χ0) is 17.4. The lowest BCUT2D eigenvalue weighted by atomic mass is 9.97. The van der Waals surface area contributed by atoms with E-state index in [-0.39, 0.29) is 5.91 Å². The van der Waals surface area contributed by atoms with Gasteiger partial charge in [0.05, 0.1) is 13.2 Å². The largest absolute Gasteiger partial charge is 0.379 e. The van der Waals surface area contributed by atoms with Gasteiger partial charge in [0.2, 0.25) is 5.91 Å². The molecule has 132 valence electrons. The summed E-state index contributed by atoms with van der Waals surface area (Å²) in [5.74, 6) is 1.42. The van der Waals surface area contributed by atoms with E-state index in [4.69, 9.17) is 10.5 Å². The Morgan fingerprint density at radius 1 is 1.23 bits per heavy atom. The van der Waals surface area contributed by atoms with Crippen LogP contribution < -0.4 is 5.73 Å². The van der Waals surface area contributed by atoms with Gasteiger partial charge in [0.15, 0.2) is 0 Å². The van der Waals surface area contributed by atoms with Crippen LogP contribution in [-0.4, -0.2) is 43.7 Å². The normalized spacial score (nSPS) is 16.5. The van der Waals surface area contributed by atoms with Crippen LogP contribution >= 0.6 is 0 Å². The van der Waals surface area contributed by atoms with Crippen LogP contribution in [0.5, 0.6) is 0 Å². The van der Waals surface area contributed by atoms with Crippen molar-refractivity contribution in [2.45, 2.75) is 54.4 Å².